The van der Waals surface area contributed by atoms with Crippen LogP contribution in [0.2, 0.25) is 0 Å². The first kappa shape index (κ1) is 15.4. The summed E-state index contributed by atoms with van der Waals surface area (Å²) < 4.78 is 1.98. The van der Waals surface area contributed by atoms with Crippen LogP contribution >= 0.6 is 0 Å². The average Bonchev–Trinajstić information content (AvgIpc) is 3.06. The number of anilines is 1. The van der Waals surface area contributed by atoms with Crippen LogP contribution in [0.5, 0.6) is 0 Å². The lowest BCUT2D eigenvalue weighted by Crippen LogP contribution is -2.25. The molecule has 2 heterocycles. The van der Waals surface area contributed by atoms with E-state index in [0.717, 1.165) is 36.7 Å². The molecule has 2 rings (SSSR count). The van der Waals surface area contributed by atoms with Crippen molar-refractivity contribution in [3.05, 3.63) is 35.4 Å². The van der Waals surface area contributed by atoms with Crippen LogP contribution in [-0.4, -0.2) is 36.1 Å². The van der Waals surface area contributed by atoms with Crippen molar-refractivity contribution in [2.45, 2.75) is 33.7 Å². The molecule has 0 saturated heterocycles. The van der Waals surface area contributed by atoms with E-state index in [-0.39, 0.29) is 0 Å². The molecule has 21 heavy (non-hydrogen) atoms. The van der Waals surface area contributed by atoms with E-state index in [1.807, 2.05) is 25.0 Å². The summed E-state index contributed by atoms with van der Waals surface area (Å²) in [6, 6.07) is 0. The van der Waals surface area contributed by atoms with Crippen LogP contribution < -0.4 is 10.2 Å². The molecule has 0 amide bonds. The molecule has 0 aromatic carbocycles. The Labute approximate surface area is 127 Å². The molecular formula is C16H25N5. The third kappa shape index (κ3) is 3.35. The van der Waals surface area contributed by atoms with E-state index >= 15 is 0 Å². The number of nitrogens with one attached hydrogen (secondary N) is 1. The fourth-order valence-electron chi connectivity index (χ4n) is 2.50. The number of rotatable bonds is 6. The molecule has 114 valence electrons. The second-order valence-electron chi connectivity index (χ2n) is 5.36. The van der Waals surface area contributed by atoms with Gasteiger partial charge in [0.25, 0.3) is 0 Å². The zero-order valence-corrected chi connectivity index (χ0v) is 13.6. The van der Waals surface area contributed by atoms with Crippen LogP contribution in [0.25, 0.3) is 0 Å². The highest BCUT2D eigenvalue weighted by Gasteiger charge is 2.14. The molecule has 5 nitrogen and oxygen atoms in total. The number of allylic oxidation sites excluding steroid dienone is 2. The van der Waals surface area contributed by atoms with Gasteiger partial charge in [-0.3, -0.25) is 9.67 Å². The van der Waals surface area contributed by atoms with Crippen molar-refractivity contribution in [3.8, 4) is 0 Å². The molecule has 0 saturated carbocycles. The molecule has 0 fully saturated rings. The summed E-state index contributed by atoms with van der Waals surface area (Å²) in [6.07, 6.45) is 7.14. The first-order chi connectivity index (χ1) is 10.1. The fourth-order valence-corrected chi connectivity index (χ4v) is 2.50. The van der Waals surface area contributed by atoms with Gasteiger partial charge in [0.1, 0.15) is 5.82 Å². The number of aliphatic imine (C=N–C) groups is 1. The maximum absolute atomic E-state index is 4.48. The summed E-state index contributed by atoms with van der Waals surface area (Å²) in [6.45, 7) is 7.98. The molecule has 0 spiro atoms. The smallest absolute Gasteiger partial charge is 0.101 e. The average molecular weight is 287 g/mol. The highest BCUT2D eigenvalue weighted by atomic mass is 15.3. The first-order valence-electron chi connectivity index (χ1n) is 7.41. The summed E-state index contributed by atoms with van der Waals surface area (Å²) in [7, 11) is 3.99. The lowest BCUT2D eigenvalue weighted by molar-refractivity contribution is 0.688. The molecule has 1 N–H and O–H groups in total. The van der Waals surface area contributed by atoms with Gasteiger partial charge in [-0.05, 0) is 37.5 Å². The van der Waals surface area contributed by atoms with E-state index in [4.69, 9.17) is 0 Å². The second-order valence-corrected chi connectivity index (χ2v) is 5.36. The molecule has 0 atom stereocenters. The maximum atomic E-state index is 4.48. The van der Waals surface area contributed by atoms with Crippen molar-refractivity contribution in [2.75, 3.05) is 25.5 Å². The predicted octanol–water partition coefficient (Wildman–Crippen LogP) is 2.58. The van der Waals surface area contributed by atoms with Gasteiger partial charge >= 0.3 is 0 Å². The van der Waals surface area contributed by atoms with Crippen molar-refractivity contribution in [2.24, 2.45) is 4.99 Å². The number of hydrogen-bond acceptors (Lipinski definition) is 4. The lowest BCUT2D eigenvalue weighted by Gasteiger charge is -2.20. The quantitative estimate of drug-likeness (QED) is 0.874. The van der Waals surface area contributed by atoms with Gasteiger partial charge in [0.15, 0.2) is 0 Å². The summed E-state index contributed by atoms with van der Waals surface area (Å²) in [5.41, 5.74) is 4.87. The van der Waals surface area contributed by atoms with Crippen LogP contribution in [0.3, 0.4) is 0 Å². The van der Waals surface area contributed by atoms with Gasteiger partial charge in [-0.15, -0.1) is 0 Å². The van der Waals surface area contributed by atoms with Crippen molar-refractivity contribution >= 4 is 11.4 Å². The van der Waals surface area contributed by atoms with Crippen LogP contribution in [0.15, 0.2) is 40.4 Å². The van der Waals surface area contributed by atoms with Crippen LogP contribution in [0.1, 0.15) is 27.2 Å². The Balaban J connectivity index is 2.13. The molecule has 1 aromatic heterocycles. The Kier molecular flexibility index (Phi) is 4.83. The largest absolute Gasteiger partial charge is 0.375 e. The molecule has 0 bridgehead atoms. The van der Waals surface area contributed by atoms with Gasteiger partial charge in [-0.1, -0.05) is 6.92 Å². The molecule has 0 radical (unpaired) electrons. The van der Waals surface area contributed by atoms with Crippen LogP contribution in [0, 0.1) is 0 Å². The molecule has 1 aromatic rings. The molecule has 0 aliphatic carbocycles. The topological polar surface area (TPSA) is 45.5 Å². The predicted molar refractivity (Wildman–Crippen MR) is 88.7 cm³/mol. The Morgan fingerprint density at radius 3 is 2.81 bits per heavy atom. The van der Waals surface area contributed by atoms with Crippen LogP contribution in [0.4, 0.5) is 5.69 Å². The standard InChI is InChI=1S/C16H25N5/c1-6-7-16(17-4)20(5)14-9-19-21(10-14)11-15-12(2)8-18-13(15)3/h7,9-10,17H,6,8,11H2,1-5H3/b16-7-. The van der Waals surface area contributed by atoms with Crippen LogP contribution in [-0.2, 0) is 6.54 Å². The zero-order chi connectivity index (χ0) is 15.4. The molecule has 5 heteroatoms. The van der Waals surface area contributed by atoms with Crippen molar-refractivity contribution < 1.29 is 0 Å². The van der Waals surface area contributed by atoms with E-state index in [2.05, 4.69) is 53.4 Å². The van der Waals surface area contributed by atoms with Gasteiger partial charge < -0.3 is 10.2 Å². The maximum Gasteiger partial charge on any atom is 0.101 e. The Bertz CT molecular complexity index is 592. The Hall–Kier alpha value is -2.04. The number of hydrogen-bond donors (Lipinski definition) is 1. The van der Waals surface area contributed by atoms with Gasteiger partial charge in [-0.25, -0.2) is 0 Å². The van der Waals surface area contributed by atoms with Gasteiger partial charge in [0.05, 0.1) is 25.0 Å². The van der Waals surface area contributed by atoms with Crippen molar-refractivity contribution in [1.29, 1.82) is 0 Å². The van der Waals surface area contributed by atoms with Gasteiger partial charge in [0, 0.05) is 26.0 Å². The summed E-state index contributed by atoms with van der Waals surface area (Å²) in [4.78, 5) is 6.59. The summed E-state index contributed by atoms with van der Waals surface area (Å²) >= 11 is 0. The van der Waals surface area contributed by atoms with E-state index < -0.39 is 0 Å². The number of nitrogens with zero attached hydrogens (tertiary/aromatic N) is 4. The minimum Gasteiger partial charge on any atom is -0.375 e. The van der Waals surface area contributed by atoms with E-state index in [9.17, 15) is 0 Å². The first-order valence-corrected chi connectivity index (χ1v) is 7.41. The molecule has 0 unspecified atom stereocenters. The second kappa shape index (κ2) is 6.61. The van der Waals surface area contributed by atoms with E-state index in [1.54, 1.807) is 0 Å². The highest BCUT2D eigenvalue weighted by molar-refractivity contribution is 6.00. The highest BCUT2D eigenvalue weighted by Crippen LogP contribution is 2.19. The number of aromatic nitrogens is 2. The van der Waals surface area contributed by atoms with Gasteiger partial charge in [-0.2, -0.15) is 5.10 Å². The normalized spacial score (nSPS) is 15.5. The lowest BCUT2D eigenvalue weighted by atomic mass is 10.1. The Morgan fingerprint density at radius 2 is 2.24 bits per heavy atom. The summed E-state index contributed by atoms with van der Waals surface area (Å²) in [5, 5.41) is 7.70. The third-order valence-corrected chi connectivity index (χ3v) is 3.85. The molecular weight excluding hydrogens is 262 g/mol. The monoisotopic (exact) mass is 287 g/mol. The van der Waals surface area contributed by atoms with Crippen molar-refractivity contribution in [1.82, 2.24) is 15.1 Å². The SMILES string of the molecule is CC/C=C(/NC)N(C)c1cnn(CC2=C(C)CN=C2C)c1. The van der Waals surface area contributed by atoms with E-state index in [1.165, 1.54) is 11.1 Å². The summed E-state index contributed by atoms with van der Waals surface area (Å²) in [5.74, 6) is 1.09. The van der Waals surface area contributed by atoms with Gasteiger partial charge in [0.2, 0.25) is 0 Å². The third-order valence-electron chi connectivity index (χ3n) is 3.85. The molecule has 1 aliphatic rings. The zero-order valence-electron chi connectivity index (χ0n) is 13.6. The fraction of sp³-hybridized carbons (Fsp3) is 0.500. The Morgan fingerprint density at radius 1 is 1.48 bits per heavy atom. The van der Waals surface area contributed by atoms with Crippen molar-refractivity contribution in [3.63, 3.8) is 0 Å². The minimum atomic E-state index is 0.793. The minimum absolute atomic E-state index is 0.793. The molecule has 1 aliphatic heterocycles. The van der Waals surface area contributed by atoms with E-state index in [0.29, 0.717) is 0 Å².